The van der Waals surface area contributed by atoms with Gasteiger partial charge < -0.3 is 4.42 Å². The van der Waals surface area contributed by atoms with Crippen molar-refractivity contribution in [2.45, 2.75) is 10.9 Å². The molecule has 0 unspecified atom stereocenters. The number of tetrazole rings is 1. The number of aromatic amines is 2. The third kappa shape index (κ3) is 2.99. The summed E-state index contributed by atoms with van der Waals surface area (Å²) in [5.74, 6) is 3.16. The van der Waals surface area contributed by atoms with Crippen molar-refractivity contribution in [3.05, 3.63) is 48.3 Å². The Bertz CT molecular complexity index is 885. The zero-order chi connectivity index (χ0) is 15.5. The van der Waals surface area contributed by atoms with Gasteiger partial charge in [0.05, 0.1) is 5.75 Å². The summed E-state index contributed by atoms with van der Waals surface area (Å²) in [5, 5.41) is 21.3. The average molecular weight is 325 g/mol. The van der Waals surface area contributed by atoms with Crippen LogP contribution in [0.2, 0.25) is 0 Å². The molecule has 4 aromatic rings. The van der Waals surface area contributed by atoms with E-state index in [1.54, 1.807) is 0 Å². The third-order valence-electron chi connectivity index (χ3n) is 3.08. The van der Waals surface area contributed by atoms with Crippen molar-refractivity contribution >= 4 is 11.8 Å². The molecule has 0 atom stereocenters. The van der Waals surface area contributed by atoms with Gasteiger partial charge in [0.1, 0.15) is 5.76 Å². The Labute approximate surface area is 134 Å². The summed E-state index contributed by atoms with van der Waals surface area (Å²) in [6.07, 6.45) is 0. The molecule has 3 aromatic heterocycles. The first-order valence-electron chi connectivity index (χ1n) is 6.81. The van der Waals surface area contributed by atoms with Gasteiger partial charge in [-0.2, -0.15) is 10.2 Å². The lowest BCUT2D eigenvalue weighted by Gasteiger charge is -1.95. The second-order valence-electron chi connectivity index (χ2n) is 4.61. The smallest absolute Gasteiger partial charge is 0.209 e. The lowest BCUT2D eigenvalue weighted by Crippen LogP contribution is -1.85. The van der Waals surface area contributed by atoms with Crippen LogP contribution in [0.4, 0.5) is 0 Å². The highest BCUT2D eigenvalue weighted by molar-refractivity contribution is 7.98. The van der Waals surface area contributed by atoms with Crippen LogP contribution >= 0.6 is 11.8 Å². The van der Waals surface area contributed by atoms with Gasteiger partial charge in [-0.1, -0.05) is 47.3 Å². The Morgan fingerprint density at radius 1 is 1.00 bits per heavy atom. The predicted octanol–water partition coefficient (Wildman–Crippen LogP) is 2.54. The van der Waals surface area contributed by atoms with Crippen molar-refractivity contribution < 1.29 is 4.42 Å². The lowest BCUT2D eigenvalue weighted by molar-refractivity contribution is 0.592. The van der Waals surface area contributed by atoms with Gasteiger partial charge in [-0.15, -0.1) is 15.3 Å². The van der Waals surface area contributed by atoms with Crippen molar-refractivity contribution in [2.24, 2.45) is 0 Å². The van der Waals surface area contributed by atoms with Gasteiger partial charge in [0.2, 0.25) is 5.16 Å². The lowest BCUT2D eigenvalue weighted by atomic mass is 10.2. The minimum absolute atomic E-state index is 0.543. The molecule has 0 aliphatic heterocycles. The van der Waals surface area contributed by atoms with E-state index in [-0.39, 0.29) is 0 Å². The van der Waals surface area contributed by atoms with E-state index in [1.165, 1.54) is 11.8 Å². The Morgan fingerprint density at radius 2 is 1.87 bits per heavy atom. The quantitative estimate of drug-likeness (QED) is 0.543. The number of hydrogen-bond acceptors (Lipinski definition) is 7. The van der Waals surface area contributed by atoms with E-state index in [1.807, 2.05) is 42.5 Å². The molecule has 114 valence electrons. The number of nitrogens with one attached hydrogen (secondary N) is 2. The Balaban J connectivity index is 1.49. The molecule has 2 N–H and O–H groups in total. The molecular formula is C14H11N7OS. The van der Waals surface area contributed by atoms with Gasteiger partial charge in [-0.05, 0) is 12.1 Å². The Kier molecular flexibility index (Phi) is 3.60. The number of rotatable bonds is 5. The molecule has 0 saturated carbocycles. The van der Waals surface area contributed by atoms with E-state index in [4.69, 9.17) is 4.42 Å². The van der Waals surface area contributed by atoms with E-state index in [2.05, 4.69) is 35.8 Å². The highest BCUT2D eigenvalue weighted by Gasteiger charge is 2.12. The van der Waals surface area contributed by atoms with Crippen LogP contribution in [0.1, 0.15) is 5.82 Å². The van der Waals surface area contributed by atoms with Gasteiger partial charge in [-0.3, -0.25) is 5.10 Å². The van der Waals surface area contributed by atoms with Crippen LogP contribution in [0.5, 0.6) is 0 Å². The minimum atomic E-state index is 0.543. The van der Waals surface area contributed by atoms with E-state index >= 15 is 0 Å². The molecular weight excluding hydrogens is 314 g/mol. The van der Waals surface area contributed by atoms with Crippen molar-refractivity contribution in [1.29, 1.82) is 0 Å². The Morgan fingerprint density at radius 3 is 2.70 bits per heavy atom. The molecule has 8 nitrogen and oxygen atoms in total. The molecule has 0 aliphatic rings. The summed E-state index contributed by atoms with van der Waals surface area (Å²) < 4.78 is 5.84. The van der Waals surface area contributed by atoms with Crippen molar-refractivity contribution in [2.75, 3.05) is 0 Å². The fourth-order valence-electron chi connectivity index (χ4n) is 2.02. The van der Waals surface area contributed by atoms with E-state index in [0.29, 0.717) is 28.3 Å². The molecule has 9 heteroatoms. The molecule has 3 heterocycles. The molecule has 0 amide bonds. The normalized spacial score (nSPS) is 11.0. The third-order valence-corrected chi connectivity index (χ3v) is 3.93. The number of H-pyrrole nitrogens is 2. The number of thioether (sulfide) groups is 1. The average Bonchev–Trinajstić information content (AvgIpc) is 3.34. The molecule has 0 fully saturated rings. The molecule has 0 radical (unpaired) electrons. The topological polar surface area (TPSA) is 109 Å². The second-order valence-corrected chi connectivity index (χ2v) is 5.56. The van der Waals surface area contributed by atoms with Crippen LogP contribution in [-0.2, 0) is 5.75 Å². The number of nitrogens with zero attached hydrogens (tertiary/aromatic N) is 5. The van der Waals surface area contributed by atoms with Crippen LogP contribution in [-0.4, -0.2) is 35.8 Å². The molecule has 0 saturated heterocycles. The van der Waals surface area contributed by atoms with Gasteiger partial charge in [0.15, 0.2) is 17.4 Å². The maximum atomic E-state index is 5.84. The summed E-state index contributed by atoms with van der Waals surface area (Å²) >= 11 is 1.42. The molecule has 1 aromatic carbocycles. The molecule has 23 heavy (non-hydrogen) atoms. The second kappa shape index (κ2) is 6.05. The largest absolute Gasteiger partial charge is 0.453 e. The maximum absolute atomic E-state index is 5.84. The standard InChI is InChI=1S/C14H11N7OS/c1-2-4-9(5-3-1)10-6-7-11(22-10)13-15-14(19-18-13)23-8-12-16-20-21-17-12/h1-7H,8H2,(H,15,18,19)(H,16,17,20,21). The van der Waals surface area contributed by atoms with Gasteiger partial charge >= 0.3 is 0 Å². The van der Waals surface area contributed by atoms with Crippen molar-refractivity contribution in [3.63, 3.8) is 0 Å². The fourth-order valence-corrected chi connectivity index (χ4v) is 2.66. The predicted molar refractivity (Wildman–Crippen MR) is 83.3 cm³/mol. The van der Waals surface area contributed by atoms with Crippen LogP contribution in [0.15, 0.2) is 52.0 Å². The SMILES string of the molecule is c1ccc(-c2ccc(-c3nc(SCc4nn[nH]n4)n[nH]3)o2)cc1. The Hall–Kier alpha value is -2.94. The highest BCUT2D eigenvalue weighted by Crippen LogP contribution is 2.27. The molecule has 4 rings (SSSR count). The molecule has 0 spiro atoms. The summed E-state index contributed by atoms with van der Waals surface area (Å²) in [6.45, 7) is 0. The summed E-state index contributed by atoms with van der Waals surface area (Å²) in [4.78, 5) is 4.40. The van der Waals surface area contributed by atoms with Crippen LogP contribution < -0.4 is 0 Å². The summed E-state index contributed by atoms with van der Waals surface area (Å²) in [5.41, 5.74) is 1.02. The summed E-state index contributed by atoms with van der Waals surface area (Å²) in [7, 11) is 0. The van der Waals surface area contributed by atoms with Gasteiger partial charge in [0, 0.05) is 5.56 Å². The van der Waals surface area contributed by atoms with Crippen LogP contribution in [0, 0.1) is 0 Å². The first-order valence-corrected chi connectivity index (χ1v) is 7.80. The number of furan rings is 1. The van der Waals surface area contributed by atoms with E-state index in [0.717, 1.165) is 11.3 Å². The first-order chi connectivity index (χ1) is 11.4. The molecule has 0 bridgehead atoms. The number of aromatic nitrogens is 7. The first kappa shape index (κ1) is 13.7. The van der Waals surface area contributed by atoms with Crippen molar-refractivity contribution in [3.8, 4) is 22.9 Å². The van der Waals surface area contributed by atoms with Gasteiger partial charge in [-0.25, -0.2) is 0 Å². The fraction of sp³-hybridized carbons (Fsp3) is 0.0714. The zero-order valence-electron chi connectivity index (χ0n) is 11.8. The van der Waals surface area contributed by atoms with Crippen LogP contribution in [0.3, 0.4) is 0 Å². The molecule has 0 aliphatic carbocycles. The minimum Gasteiger partial charge on any atom is -0.453 e. The monoisotopic (exact) mass is 325 g/mol. The van der Waals surface area contributed by atoms with Crippen LogP contribution in [0.25, 0.3) is 22.9 Å². The van der Waals surface area contributed by atoms with E-state index < -0.39 is 0 Å². The highest BCUT2D eigenvalue weighted by atomic mass is 32.2. The summed E-state index contributed by atoms with van der Waals surface area (Å²) in [6, 6.07) is 13.7. The number of hydrogen-bond donors (Lipinski definition) is 2. The maximum Gasteiger partial charge on any atom is 0.209 e. The van der Waals surface area contributed by atoms with E-state index in [9.17, 15) is 0 Å². The van der Waals surface area contributed by atoms with Crippen molar-refractivity contribution in [1.82, 2.24) is 35.8 Å². The number of benzene rings is 1. The van der Waals surface area contributed by atoms with Gasteiger partial charge in [0.25, 0.3) is 0 Å². The zero-order valence-corrected chi connectivity index (χ0v) is 12.6.